The molecule has 0 spiro atoms. The van der Waals surface area contributed by atoms with Crippen molar-refractivity contribution in [2.75, 3.05) is 19.0 Å². The van der Waals surface area contributed by atoms with E-state index in [4.69, 9.17) is 4.74 Å². The monoisotopic (exact) mass is 302 g/mol. The van der Waals surface area contributed by atoms with Crippen LogP contribution in [0.15, 0.2) is 29.6 Å². The van der Waals surface area contributed by atoms with E-state index in [1.54, 1.807) is 18.4 Å². The predicted molar refractivity (Wildman–Crippen MR) is 87.0 cm³/mol. The summed E-state index contributed by atoms with van der Waals surface area (Å²) in [5, 5.41) is 6.46. The number of nitrogens with zero attached hydrogens (tertiary/aromatic N) is 1. The summed E-state index contributed by atoms with van der Waals surface area (Å²) in [4.78, 5) is 8.12. The van der Waals surface area contributed by atoms with E-state index in [-0.39, 0.29) is 0 Å². The molecule has 1 aromatic heterocycles. The van der Waals surface area contributed by atoms with Crippen molar-refractivity contribution in [3.63, 3.8) is 0 Å². The van der Waals surface area contributed by atoms with Gasteiger partial charge in [0.1, 0.15) is 5.75 Å². The van der Waals surface area contributed by atoms with Gasteiger partial charge in [-0.2, -0.15) is 4.98 Å². The van der Waals surface area contributed by atoms with Crippen LogP contribution in [0.1, 0.15) is 25.7 Å². The number of benzene rings is 1. The molecule has 0 amide bonds. The molecular formula is C16H20N3OS+. The van der Waals surface area contributed by atoms with E-state index in [2.05, 4.69) is 20.7 Å². The van der Waals surface area contributed by atoms with Gasteiger partial charge in [-0.15, -0.1) is 0 Å². The quantitative estimate of drug-likeness (QED) is 0.914. The fourth-order valence-electron chi connectivity index (χ4n) is 2.39. The number of thiazole rings is 1. The molecule has 1 aliphatic rings. The van der Waals surface area contributed by atoms with Crippen molar-refractivity contribution < 1.29 is 9.73 Å². The van der Waals surface area contributed by atoms with E-state index in [0.29, 0.717) is 0 Å². The zero-order valence-electron chi connectivity index (χ0n) is 12.2. The molecule has 0 radical (unpaired) electrons. The molecule has 0 saturated heterocycles. The average molecular weight is 302 g/mol. The topological polar surface area (TPSA) is 48.1 Å². The first-order chi connectivity index (χ1) is 10.3. The summed E-state index contributed by atoms with van der Waals surface area (Å²) in [6, 6.07) is 8.00. The van der Waals surface area contributed by atoms with Crippen LogP contribution in [0.5, 0.6) is 5.75 Å². The van der Waals surface area contributed by atoms with Crippen LogP contribution in [-0.4, -0.2) is 24.5 Å². The Balaban J connectivity index is 1.71. The highest BCUT2D eigenvalue weighted by atomic mass is 32.1. The van der Waals surface area contributed by atoms with Crippen molar-refractivity contribution >= 4 is 22.3 Å². The third-order valence-corrected chi connectivity index (χ3v) is 4.35. The molecular weight excluding hydrogens is 282 g/mol. The summed E-state index contributed by atoms with van der Waals surface area (Å²) >= 11 is 1.64. The van der Waals surface area contributed by atoms with Crippen LogP contribution < -0.4 is 15.0 Å². The SMILES string of the molecule is COc1ccc(-c2csc(NC3=[NH+]CCCCC3)n2)cc1. The number of rotatable bonds is 3. The number of ether oxygens (including phenoxy) is 1. The lowest BCUT2D eigenvalue weighted by Crippen LogP contribution is -2.74. The maximum absolute atomic E-state index is 5.18. The van der Waals surface area contributed by atoms with Crippen LogP contribution >= 0.6 is 11.3 Å². The molecule has 0 aliphatic carbocycles. The zero-order chi connectivity index (χ0) is 14.5. The highest BCUT2D eigenvalue weighted by Crippen LogP contribution is 2.26. The minimum Gasteiger partial charge on any atom is -0.497 e. The van der Waals surface area contributed by atoms with Crippen LogP contribution in [0, 0.1) is 0 Å². The van der Waals surface area contributed by atoms with E-state index in [1.165, 1.54) is 25.1 Å². The summed E-state index contributed by atoms with van der Waals surface area (Å²) in [6.45, 7) is 1.05. The minimum atomic E-state index is 0.866. The van der Waals surface area contributed by atoms with Crippen LogP contribution in [0.2, 0.25) is 0 Å². The van der Waals surface area contributed by atoms with E-state index in [1.807, 2.05) is 24.3 Å². The summed E-state index contributed by atoms with van der Waals surface area (Å²) < 4.78 is 5.18. The molecule has 0 atom stereocenters. The molecule has 110 valence electrons. The Hall–Kier alpha value is -1.88. The maximum Gasteiger partial charge on any atom is 0.277 e. The first kappa shape index (κ1) is 14.1. The number of nitrogens with one attached hydrogen (secondary N) is 2. The number of aromatic nitrogens is 1. The number of amidine groups is 1. The van der Waals surface area contributed by atoms with Gasteiger partial charge in [-0.1, -0.05) is 11.3 Å². The molecule has 21 heavy (non-hydrogen) atoms. The van der Waals surface area contributed by atoms with Crippen molar-refractivity contribution in [2.45, 2.75) is 25.7 Å². The normalized spacial score (nSPS) is 15.2. The number of hydrogen-bond donors (Lipinski definition) is 2. The first-order valence-corrected chi connectivity index (χ1v) is 8.20. The summed E-state index contributed by atoms with van der Waals surface area (Å²) in [6.07, 6.45) is 4.87. The van der Waals surface area contributed by atoms with Gasteiger partial charge in [0.15, 0.2) is 0 Å². The van der Waals surface area contributed by atoms with Gasteiger partial charge in [0.25, 0.3) is 5.13 Å². The van der Waals surface area contributed by atoms with E-state index < -0.39 is 0 Å². The van der Waals surface area contributed by atoms with Crippen molar-refractivity contribution in [2.24, 2.45) is 0 Å². The highest BCUT2D eigenvalue weighted by molar-refractivity contribution is 7.14. The van der Waals surface area contributed by atoms with Crippen molar-refractivity contribution in [3.05, 3.63) is 29.6 Å². The van der Waals surface area contributed by atoms with Crippen LogP contribution in [0.3, 0.4) is 0 Å². The standard InChI is InChI=1S/C16H19N3OS/c1-20-13-8-6-12(7-9-13)14-11-21-16(18-14)19-15-5-3-2-4-10-17-15/h6-9,11H,2-5,10H2,1H3,(H,17,18,19)/p+1. The van der Waals surface area contributed by atoms with Gasteiger partial charge in [0, 0.05) is 17.4 Å². The Labute approximate surface area is 128 Å². The Morgan fingerprint density at radius 2 is 2.05 bits per heavy atom. The summed E-state index contributed by atoms with van der Waals surface area (Å²) in [5.74, 6) is 2.06. The smallest absolute Gasteiger partial charge is 0.277 e. The summed E-state index contributed by atoms with van der Waals surface area (Å²) in [7, 11) is 1.68. The molecule has 1 aliphatic heterocycles. The molecule has 5 heteroatoms. The van der Waals surface area contributed by atoms with Gasteiger partial charge in [0.2, 0.25) is 5.84 Å². The minimum absolute atomic E-state index is 0.866. The van der Waals surface area contributed by atoms with Gasteiger partial charge in [-0.3, -0.25) is 4.99 Å². The molecule has 3 rings (SSSR count). The van der Waals surface area contributed by atoms with Gasteiger partial charge < -0.3 is 4.74 Å². The first-order valence-electron chi connectivity index (χ1n) is 7.32. The zero-order valence-corrected chi connectivity index (χ0v) is 13.0. The molecule has 2 aromatic rings. The highest BCUT2D eigenvalue weighted by Gasteiger charge is 2.14. The third kappa shape index (κ3) is 3.61. The second-order valence-corrected chi connectivity index (χ2v) is 5.97. The molecule has 0 unspecified atom stereocenters. The molecule has 2 heterocycles. The van der Waals surface area contributed by atoms with E-state index in [9.17, 15) is 0 Å². The Kier molecular flexibility index (Phi) is 4.50. The van der Waals surface area contributed by atoms with Crippen LogP contribution in [0.25, 0.3) is 11.3 Å². The average Bonchev–Trinajstić information content (AvgIpc) is 2.83. The fourth-order valence-corrected chi connectivity index (χ4v) is 3.14. The fraction of sp³-hybridized carbons (Fsp3) is 0.375. The molecule has 4 nitrogen and oxygen atoms in total. The lowest BCUT2D eigenvalue weighted by Gasteiger charge is -2.00. The van der Waals surface area contributed by atoms with Gasteiger partial charge >= 0.3 is 0 Å². The van der Waals surface area contributed by atoms with Crippen molar-refractivity contribution in [1.82, 2.24) is 4.98 Å². The van der Waals surface area contributed by atoms with Crippen molar-refractivity contribution in [3.8, 4) is 17.0 Å². The van der Waals surface area contributed by atoms with E-state index >= 15 is 0 Å². The van der Waals surface area contributed by atoms with Crippen LogP contribution in [-0.2, 0) is 0 Å². The lowest BCUT2D eigenvalue weighted by atomic mass is 10.2. The summed E-state index contributed by atoms with van der Waals surface area (Å²) in [5.41, 5.74) is 2.11. The van der Waals surface area contributed by atoms with E-state index in [0.717, 1.165) is 35.1 Å². The predicted octanol–water partition coefficient (Wildman–Crippen LogP) is 2.28. The van der Waals surface area contributed by atoms with Crippen LogP contribution in [0.4, 0.5) is 5.13 Å². The lowest BCUT2D eigenvalue weighted by molar-refractivity contribution is -0.457. The maximum atomic E-state index is 5.18. The molecule has 2 N–H and O–H groups in total. The van der Waals surface area contributed by atoms with Crippen molar-refractivity contribution in [1.29, 1.82) is 0 Å². The molecule has 1 aromatic carbocycles. The molecule has 0 fully saturated rings. The number of methoxy groups -OCH3 is 1. The van der Waals surface area contributed by atoms with Gasteiger partial charge in [-0.05, 0) is 43.5 Å². The number of anilines is 1. The molecule has 0 bridgehead atoms. The Morgan fingerprint density at radius 1 is 1.19 bits per heavy atom. The molecule has 0 saturated carbocycles. The second kappa shape index (κ2) is 6.72. The second-order valence-electron chi connectivity index (χ2n) is 5.11. The Bertz CT molecular complexity index is 619. The van der Waals surface area contributed by atoms with Gasteiger partial charge in [-0.25, -0.2) is 5.32 Å². The third-order valence-electron chi connectivity index (χ3n) is 3.59. The Morgan fingerprint density at radius 3 is 2.86 bits per heavy atom. The number of hydrogen-bond acceptors (Lipinski definition) is 4. The van der Waals surface area contributed by atoms with Gasteiger partial charge in [0.05, 0.1) is 19.3 Å². The largest absolute Gasteiger partial charge is 0.497 e.